The molecule has 0 fully saturated rings. The van der Waals surface area contributed by atoms with Crippen LogP contribution in [0.15, 0.2) is 0 Å². The van der Waals surface area contributed by atoms with Gasteiger partial charge in [-0.15, -0.1) is 0 Å². The molecule has 0 bridgehead atoms. The summed E-state index contributed by atoms with van der Waals surface area (Å²) in [5, 5.41) is 0.293. The molecule has 0 atom stereocenters. The van der Waals surface area contributed by atoms with Gasteiger partial charge in [0.05, 0.1) is 20.2 Å². The summed E-state index contributed by atoms with van der Waals surface area (Å²) < 4.78 is -1.57. The number of aromatic nitrogens is 1. The molecule has 0 spiro atoms. The number of aromatic amines is 1. The summed E-state index contributed by atoms with van der Waals surface area (Å²) in [6.45, 7) is 0. The van der Waals surface area contributed by atoms with Crippen molar-refractivity contribution in [2.45, 2.75) is 3.79 Å². The van der Waals surface area contributed by atoms with Gasteiger partial charge >= 0.3 is 0 Å². The van der Waals surface area contributed by atoms with Crippen LogP contribution < -0.4 is 0 Å². The molecular weight excluding hydrogens is 331 g/mol. The zero-order chi connectivity index (χ0) is 11.1. The molecule has 0 unspecified atom stereocenters. The zero-order valence-corrected chi connectivity index (χ0v) is 11.5. The fraction of sp³-hybridized carbons (Fsp3) is 0.167. The second-order valence-electron chi connectivity index (χ2n) is 2.27. The van der Waals surface area contributed by atoms with E-state index in [0.717, 1.165) is 0 Å². The van der Waals surface area contributed by atoms with Gasteiger partial charge in [-0.25, -0.2) is 0 Å². The highest BCUT2D eigenvalue weighted by atomic mass is 35.6. The number of hydrogen-bond acceptors (Lipinski definition) is 1. The first-order valence-corrected chi connectivity index (χ1v) is 5.76. The number of nitrogens with one attached hydrogen (secondary N) is 1. The lowest BCUT2D eigenvalue weighted by atomic mass is 10.4. The molecule has 1 aromatic rings. The molecule has 14 heavy (non-hydrogen) atoms. The molecule has 0 radical (unpaired) electrons. The third kappa shape index (κ3) is 2.62. The molecular formula is C6HCl6NS. The Labute approximate surface area is 115 Å². The maximum atomic E-state index is 5.82. The topological polar surface area (TPSA) is 15.8 Å². The largest absolute Gasteiger partial charge is 0.343 e. The summed E-state index contributed by atoms with van der Waals surface area (Å²) in [4.78, 5) is 2.56. The second-order valence-corrected chi connectivity index (χ2v) is 6.09. The summed E-state index contributed by atoms with van der Waals surface area (Å²) in [7, 11) is 0. The van der Waals surface area contributed by atoms with Crippen molar-refractivity contribution in [3.8, 4) is 0 Å². The Kier molecular flexibility index (Phi) is 4.27. The van der Waals surface area contributed by atoms with E-state index in [-0.39, 0.29) is 25.4 Å². The van der Waals surface area contributed by atoms with Gasteiger partial charge in [0.15, 0.2) is 0 Å². The predicted molar refractivity (Wildman–Crippen MR) is 65.9 cm³/mol. The lowest BCUT2D eigenvalue weighted by molar-refractivity contribution is 1.08. The molecule has 78 valence electrons. The summed E-state index contributed by atoms with van der Waals surface area (Å²) in [6, 6.07) is 0. The van der Waals surface area contributed by atoms with E-state index in [0.29, 0.717) is 0 Å². The van der Waals surface area contributed by atoms with Gasteiger partial charge in [0.2, 0.25) is 3.79 Å². The molecule has 0 aliphatic carbocycles. The molecule has 1 heterocycles. The van der Waals surface area contributed by atoms with Crippen LogP contribution in [-0.4, -0.2) is 4.98 Å². The van der Waals surface area contributed by atoms with E-state index in [1.54, 1.807) is 0 Å². The Hall–Kier alpha value is 1.11. The average molecular weight is 332 g/mol. The average Bonchev–Trinajstić information content (AvgIpc) is 2.06. The quantitative estimate of drug-likeness (QED) is 0.375. The lowest BCUT2D eigenvalue weighted by Crippen LogP contribution is -2.05. The Morgan fingerprint density at radius 3 is 1.93 bits per heavy atom. The molecule has 0 saturated carbocycles. The first-order valence-electron chi connectivity index (χ1n) is 3.09. The van der Waals surface area contributed by atoms with Gasteiger partial charge < -0.3 is 4.98 Å². The fourth-order valence-corrected chi connectivity index (χ4v) is 2.22. The Bertz CT molecular complexity index is 420. The van der Waals surface area contributed by atoms with Crippen molar-refractivity contribution in [1.82, 2.24) is 4.98 Å². The molecule has 0 aliphatic heterocycles. The van der Waals surface area contributed by atoms with Crippen LogP contribution in [0.3, 0.4) is 0 Å². The van der Waals surface area contributed by atoms with E-state index in [4.69, 9.17) is 81.8 Å². The van der Waals surface area contributed by atoms with Gasteiger partial charge in [-0.3, -0.25) is 0 Å². The highest BCUT2D eigenvalue weighted by molar-refractivity contribution is 7.71. The van der Waals surface area contributed by atoms with Crippen LogP contribution in [0.5, 0.6) is 0 Å². The number of H-pyrrole nitrogens is 1. The predicted octanol–water partition coefficient (Wildman–Crippen LogP) is 5.53. The van der Waals surface area contributed by atoms with Crippen LogP contribution in [-0.2, 0) is 3.79 Å². The third-order valence-corrected chi connectivity index (χ3v) is 3.66. The monoisotopic (exact) mass is 329 g/mol. The molecule has 0 amide bonds. The van der Waals surface area contributed by atoms with Gasteiger partial charge in [-0.2, -0.15) is 0 Å². The SMILES string of the molecule is S=c1c(Cl)c(Cl)[nH]c(C(Cl)(Cl)Cl)c1Cl. The number of rotatable bonds is 0. The highest BCUT2D eigenvalue weighted by Crippen LogP contribution is 2.43. The molecule has 1 nitrogen and oxygen atoms in total. The number of halogens is 6. The molecule has 1 N–H and O–H groups in total. The van der Waals surface area contributed by atoms with E-state index in [1.165, 1.54) is 0 Å². The molecule has 1 aromatic heterocycles. The van der Waals surface area contributed by atoms with Crippen molar-refractivity contribution in [1.29, 1.82) is 0 Å². The van der Waals surface area contributed by atoms with E-state index >= 15 is 0 Å². The first-order chi connectivity index (χ1) is 6.25. The third-order valence-electron chi connectivity index (χ3n) is 1.33. The van der Waals surface area contributed by atoms with Gasteiger partial charge in [-0.1, -0.05) is 81.8 Å². The van der Waals surface area contributed by atoms with E-state index in [9.17, 15) is 0 Å². The molecule has 0 aromatic carbocycles. The Morgan fingerprint density at radius 1 is 1.00 bits per heavy atom. The minimum Gasteiger partial charge on any atom is -0.343 e. The first kappa shape index (κ1) is 13.2. The van der Waals surface area contributed by atoms with Crippen LogP contribution >= 0.6 is 81.8 Å². The standard InChI is InChI=1S/C6HCl6NS/c7-1-3(14)2(8)5(9)13-4(1)6(10,11)12/h(H,13,14). The lowest BCUT2D eigenvalue weighted by Gasteiger charge is -2.14. The second kappa shape index (κ2) is 4.54. The Balaban J connectivity index is 3.58. The van der Waals surface area contributed by atoms with Crippen molar-refractivity contribution >= 4 is 81.8 Å². The van der Waals surface area contributed by atoms with Crippen LogP contribution in [0, 0.1) is 4.51 Å². The summed E-state index contributed by atoms with van der Waals surface area (Å²) in [5.74, 6) is 0. The summed E-state index contributed by atoms with van der Waals surface area (Å²) in [6.07, 6.45) is 0. The fourth-order valence-electron chi connectivity index (χ4n) is 0.724. The van der Waals surface area contributed by atoms with Gasteiger partial charge in [-0.05, 0) is 0 Å². The van der Waals surface area contributed by atoms with E-state index in [1.807, 2.05) is 0 Å². The van der Waals surface area contributed by atoms with Crippen molar-refractivity contribution < 1.29 is 0 Å². The smallest absolute Gasteiger partial charge is 0.231 e. The minimum absolute atomic E-state index is 0.0781. The molecule has 1 rings (SSSR count). The maximum absolute atomic E-state index is 5.82. The summed E-state index contributed by atoms with van der Waals surface area (Å²) >= 11 is 39.0. The van der Waals surface area contributed by atoms with Crippen molar-refractivity contribution in [3.05, 3.63) is 25.4 Å². The van der Waals surface area contributed by atoms with Crippen molar-refractivity contribution in [2.24, 2.45) is 0 Å². The zero-order valence-electron chi connectivity index (χ0n) is 6.18. The number of pyridine rings is 1. The van der Waals surface area contributed by atoms with Gasteiger partial charge in [0.25, 0.3) is 0 Å². The van der Waals surface area contributed by atoms with Crippen LogP contribution in [0.2, 0.25) is 15.2 Å². The van der Waals surface area contributed by atoms with Crippen molar-refractivity contribution in [2.75, 3.05) is 0 Å². The Morgan fingerprint density at radius 2 is 1.50 bits per heavy atom. The van der Waals surface area contributed by atoms with E-state index in [2.05, 4.69) is 4.98 Å². The molecule has 8 heteroatoms. The summed E-state index contributed by atoms with van der Waals surface area (Å²) in [5.41, 5.74) is 0.101. The normalized spacial score (nSPS) is 11.9. The van der Waals surface area contributed by atoms with Gasteiger partial charge in [0, 0.05) is 0 Å². The van der Waals surface area contributed by atoms with Gasteiger partial charge in [0.1, 0.15) is 5.15 Å². The highest BCUT2D eigenvalue weighted by Gasteiger charge is 2.28. The maximum Gasteiger partial charge on any atom is 0.231 e. The van der Waals surface area contributed by atoms with Crippen LogP contribution in [0.4, 0.5) is 0 Å². The van der Waals surface area contributed by atoms with Crippen LogP contribution in [0.1, 0.15) is 5.69 Å². The molecule has 0 aliphatic rings. The number of hydrogen-bond donors (Lipinski definition) is 1. The number of alkyl halides is 3. The van der Waals surface area contributed by atoms with E-state index < -0.39 is 3.79 Å². The molecule has 0 saturated heterocycles. The van der Waals surface area contributed by atoms with Crippen molar-refractivity contribution in [3.63, 3.8) is 0 Å². The minimum atomic E-state index is -1.72. The van der Waals surface area contributed by atoms with Crippen LogP contribution in [0.25, 0.3) is 0 Å².